The summed E-state index contributed by atoms with van der Waals surface area (Å²) in [7, 11) is 0. The third-order valence-electron chi connectivity index (χ3n) is 5.99. The molecule has 0 spiro atoms. The van der Waals surface area contributed by atoms with Gasteiger partial charge in [-0.2, -0.15) is 0 Å². The number of aryl methyl sites for hydroxylation is 2. The molecule has 5 rings (SSSR count). The normalized spacial score (nSPS) is 14.6. The van der Waals surface area contributed by atoms with Crippen LogP contribution in [0.4, 0.5) is 0 Å². The number of amides is 1. The van der Waals surface area contributed by atoms with Crippen LogP contribution in [-0.2, 0) is 0 Å². The van der Waals surface area contributed by atoms with Crippen LogP contribution in [0, 0.1) is 13.8 Å². The van der Waals surface area contributed by atoms with E-state index in [2.05, 4.69) is 54.3 Å². The lowest BCUT2D eigenvalue weighted by Crippen LogP contribution is -2.34. The molecule has 0 aliphatic carbocycles. The van der Waals surface area contributed by atoms with E-state index in [1.807, 2.05) is 29.2 Å². The highest BCUT2D eigenvalue weighted by Crippen LogP contribution is 2.30. The van der Waals surface area contributed by atoms with E-state index in [4.69, 9.17) is 0 Å². The molecule has 4 nitrogen and oxygen atoms in total. The van der Waals surface area contributed by atoms with Crippen molar-refractivity contribution in [1.29, 1.82) is 0 Å². The molecule has 0 atom stereocenters. The number of aromatic nitrogens is 2. The first-order valence-electron chi connectivity index (χ1n) is 9.75. The molecular formula is C24H23N3O. The molecule has 2 aromatic heterocycles. The number of hydrogen-bond acceptors (Lipinski definition) is 1. The van der Waals surface area contributed by atoms with Crippen molar-refractivity contribution in [3.8, 4) is 0 Å². The number of carbonyl (C=O) groups is 1. The fourth-order valence-corrected chi connectivity index (χ4v) is 4.21. The van der Waals surface area contributed by atoms with Gasteiger partial charge in [-0.15, -0.1) is 0 Å². The van der Waals surface area contributed by atoms with Crippen LogP contribution >= 0.6 is 0 Å². The molecule has 0 radical (unpaired) electrons. The fourth-order valence-electron chi connectivity index (χ4n) is 4.21. The Kier molecular flexibility index (Phi) is 3.86. The summed E-state index contributed by atoms with van der Waals surface area (Å²) in [6, 6.07) is 14.3. The zero-order chi connectivity index (χ0) is 19.3. The Morgan fingerprint density at radius 3 is 2.71 bits per heavy atom. The third kappa shape index (κ3) is 2.64. The first kappa shape index (κ1) is 16.9. The van der Waals surface area contributed by atoms with Crippen LogP contribution in [0.2, 0.25) is 0 Å². The lowest BCUT2D eigenvalue weighted by molar-refractivity contribution is 0.0773. The van der Waals surface area contributed by atoms with Crippen molar-refractivity contribution in [3.63, 3.8) is 0 Å². The van der Waals surface area contributed by atoms with Gasteiger partial charge in [-0.1, -0.05) is 24.3 Å². The summed E-state index contributed by atoms with van der Waals surface area (Å²) < 4.78 is 0. The van der Waals surface area contributed by atoms with Crippen molar-refractivity contribution >= 4 is 33.3 Å². The van der Waals surface area contributed by atoms with Crippen LogP contribution in [0.3, 0.4) is 0 Å². The van der Waals surface area contributed by atoms with Crippen LogP contribution in [0.5, 0.6) is 0 Å². The topological polar surface area (TPSA) is 51.9 Å². The van der Waals surface area contributed by atoms with Crippen LogP contribution in [0.25, 0.3) is 27.4 Å². The van der Waals surface area contributed by atoms with E-state index in [0.29, 0.717) is 6.54 Å². The fraction of sp³-hybridized carbons (Fsp3) is 0.208. The number of benzene rings is 2. The summed E-state index contributed by atoms with van der Waals surface area (Å²) in [6.07, 6.45) is 5.15. The SMILES string of the molecule is Cc1[nH]c2ccc(C(=O)N3CC=C(c4c[nH]c5ccccc45)CC3)cc2c1C. The highest BCUT2D eigenvalue weighted by molar-refractivity contribution is 6.00. The average Bonchev–Trinajstić information content (AvgIpc) is 3.28. The van der Waals surface area contributed by atoms with Crippen LogP contribution in [0.1, 0.15) is 33.6 Å². The second-order valence-electron chi connectivity index (χ2n) is 7.61. The Labute approximate surface area is 163 Å². The Morgan fingerprint density at radius 1 is 1.04 bits per heavy atom. The molecule has 0 unspecified atom stereocenters. The zero-order valence-electron chi connectivity index (χ0n) is 16.2. The summed E-state index contributed by atoms with van der Waals surface area (Å²) >= 11 is 0. The van der Waals surface area contributed by atoms with Crippen molar-refractivity contribution in [2.24, 2.45) is 0 Å². The first-order chi connectivity index (χ1) is 13.6. The number of hydrogen-bond donors (Lipinski definition) is 2. The van der Waals surface area contributed by atoms with Crippen molar-refractivity contribution in [3.05, 3.63) is 77.1 Å². The standard InChI is InChI=1S/C24H23N3O/c1-15-16(2)26-23-8-7-18(13-20(15)23)24(28)27-11-9-17(10-12-27)21-14-25-22-6-4-3-5-19(21)22/h3-9,13-14,25-26H,10-12H2,1-2H3. The molecule has 4 heteroatoms. The number of aromatic amines is 2. The Hall–Kier alpha value is -3.27. The summed E-state index contributed by atoms with van der Waals surface area (Å²) in [5.41, 5.74) is 7.94. The molecule has 0 bridgehead atoms. The van der Waals surface area contributed by atoms with E-state index in [1.54, 1.807) is 0 Å². The highest BCUT2D eigenvalue weighted by atomic mass is 16.2. The summed E-state index contributed by atoms with van der Waals surface area (Å²) in [4.78, 5) is 21.7. The number of nitrogens with one attached hydrogen (secondary N) is 2. The predicted octanol–water partition coefficient (Wildman–Crippen LogP) is 5.20. The molecule has 0 saturated carbocycles. The monoisotopic (exact) mass is 369 g/mol. The van der Waals surface area contributed by atoms with Crippen molar-refractivity contribution in [2.75, 3.05) is 13.1 Å². The largest absolute Gasteiger partial charge is 0.361 e. The van der Waals surface area contributed by atoms with E-state index >= 15 is 0 Å². The van der Waals surface area contributed by atoms with Gasteiger partial charge in [0.05, 0.1) is 0 Å². The first-order valence-corrected chi connectivity index (χ1v) is 9.75. The molecular weight excluding hydrogens is 346 g/mol. The van der Waals surface area contributed by atoms with E-state index in [9.17, 15) is 4.79 Å². The Balaban J connectivity index is 1.40. The van der Waals surface area contributed by atoms with Gasteiger partial charge in [-0.25, -0.2) is 0 Å². The third-order valence-corrected chi connectivity index (χ3v) is 5.99. The molecule has 28 heavy (non-hydrogen) atoms. The Morgan fingerprint density at radius 2 is 1.89 bits per heavy atom. The van der Waals surface area contributed by atoms with Crippen molar-refractivity contribution < 1.29 is 4.79 Å². The molecule has 2 N–H and O–H groups in total. The van der Waals surface area contributed by atoms with E-state index < -0.39 is 0 Å². The van der Waals surface area contributed by atoms with E-state index in [-0.39, 0.29) is 5.91 Å². The van der Waals surface area contributed by atoms with Crippen molar-refractivity contribution in [1.82, 2.24) is 14.9 Å². The second kappa shape index (κ2) is 6.41. The zero-order valence-corrected chi connectivity index (χ0v) is 16.2. The smallest absolute Gasteiger partial charge is 0.254 e. The average molecular weight is 369 g/mol. The van der Waals surface area contributed by atoms with Gasteiger partial charge in [0.2, 0.25) is 0 Å². The molecule has 4 aromatic rings. The maximum Gasteiger partial charge on any atom is 0.254 e. The summed E-state index contributed by atoms with van der Waals surface area (Å²) in [5.74, 6) is 0.106. The van der Waals surface area contributed by atoms with Crippen LogP contribution in [-0.4, -0.2) is 33.9 Å². The molecule has 140 valence electrons. The van der Waals surface area contributed by atoms with Gasteiger partial charge in [0.25, 0.3) is 5.91 Å². The number of H-pyrrole nitrogens is 2. The summed E-state index contributed by atoms with van der Waals surface area (Å²) in [6.45, 7) is 5.56. The number of fused-ring (bicyclic) bond motifs is 2. The molecule has 1 aliphatic rings. The number of rotatable bonds is 2. The van der Waals surface area contributed by atoms with Gasteiger partial charge < -0.3 is 14.9 Å². The molecule has 1 aliphatic heterocycles. The lowest BCUT2D eigenvalue weighted by atomic mass is 9.98. The minimum absolute atomic E-state index is 0.106. The molecule has 0 fully saturated rings. The van der Waals surface area contributed by atoms with Crippen LogP contribution < -0.4 is 0 Å². The Bertz CT molecular complexity index is 1240. The van der Waals surface area contributed by atoms with Gasteiger partial charge in [0, 0.05) is 57.9 Å². The number of carbonyl (C=O) groups excluding carboxylic acids is 1. The van der Waals surface area contributed by atoms with Crippen LogP contribution in [0.15, 0.2) is 54.7 Å². The molecule has 2 aromatic carbocycles. The maximum atomic E-state index is 13.0. The van der Waals surface area contributed by atoms with Gasteiger partial charge in [-0.3, -0.25) is 4.79 Å². The molecule has 0 saturated heterocycles. The van der Waals surface area contributed by atoms with Gasteiger partial charge >= 0.3 is 0 Å². The minimum atomic E-state index is 0.106. The lowest BCUT2D eigenvalue weighted by Gasteiger charge is -2.26. The predicted molar refractivity (Wildman–Crippen MR) is 115 cm³/mol. The van der Waals surface area contributed by atoms with E-state index in [0.717, 1.165) is 40.6 Å². The maximum absolute atomic E-state index is 13.0. The highest BCUT2D eigenvalue weighted by Gasteiger charge is 2.21. The molecule has 1 amide bonds. The van der Waals surface area contributed by atoms with Crippen molar-refractivity contribution in [2.45, 2.75) is 20.3 Å². The number of nitrogens with zero attached hydrogens (tertiary/aromatic N) is 1. The molecule has 3 heterocycles. The quantitative estimate of drug-likeness (QED) is 0.502. The van der Waals surface area contributed by atoms with Gasteiger partial charge in [0.15, 0.2) is 0 Å². The van der Waals surface area contributed by atoms with E-state index in [1.165, 1.54) is 22.1 Å². The van der Waals surface area contributed by atoms with Gasteiger partial charge in [0.1, 0.15) is 0 Å². The number of para-hydroxylation sites is 1. The summed E-state index contributed by atoms with van der Waals surface area (Å²) in [5, 5.41) is 2.38. The van der Waals surface area contributed by atoms with Gasteiger partial charge in [-0.05, 0) is 55.7 Å². The minimum Gasteiger partial charge on any atom is -0.361 e. The second-order valence-corrected chi connectivity index (χ2v) is 7.61.